The lowest BCUT2D eigenvalue weighted by molar-refractivity contribution is 1.05. The normalized spacial score (nSPS) is 15.2. The van der Waals surface area contributed by atoms with Crippen LogP contribution in [-0.4, -0.2) is 41.1 Å². The summed E-state index contributed by atoms with van der Waals surface area (Å²) in [6.45, 7) is 10.6. The summed E-state index contributed by atoms with van der Waals surface area (Å²) in [7, 11) is 0. The summed E-state index contributed by atoms with van der Waals surface area (Å²) in [5.41, 5.74) is 12.3. The number of aryl methyl sites for hydroxylation is 3. The van der Waals surface area contributed by atoms with Crippen LogP contribution >= 0.6 is 0 Å². The van der Waals surface area contributed by atoms with Gasteiger partial charge in [0.2, 0.25) is 0 Å². The highest BCUT2D eigenvalue weighted by atomic mass is 15.5. The van der Waals surface area contributed by atoms with Gasteiger partial charge in [0.1, 0.15) is 22.7 Å². The highest BCUT2D eigenvalue weighted by Gasteiger charge is 2.25. The fraction of sp³-hybridized carbons (Fsp3) is 0.0667. The number of rotatable bonds is 6. The molecule has 260 valence electrons. The Morgan fingerprint density at radius 1 is 0.537 bits per heavy atom. The number of fused-ring (bicyclic) bond motifs is 2. The zero-order chi connectivity index (χ0) is 36.8. The van der Waals surface area contributed by atoms with E-state index in [2.05, 4.69) is 85.0 Å². The molecule has 4 aromatic carbocycles. The Kier molecular flexibility index (Phi) is 8.08. The predicted molar refractivity (Wildman–Crippen MR) is 219 cm³/mol. The second-order valence-electron chi connectivity index (χ2n) is 13.3. The topological polar surface area (TPSA) is 89.4 Å². The van der Waals surface area contributed by atoms with Crippen LogP contribution in [0, 0.1) is 20.8 Å². The van der Waals surface area contributed by atoms with Gasteiger partial charge in [0.15, 0.2) is 17.1 Å². The van der Waals surface area contributed by atoms with Crippen LogP contribution in [0.1, 0.15) is 22.3 Å². The van der Waals surface area contributed by atoms with Gasteiger partial charge in [0.05, 0.1) is 22.8 Å². The van der Waals surface area contributed by atoms with Crippen LogP contribution in [-0.2, 0) is 0 Å². The number of imidazole rings is 2. The fourth-order valence-corrected chi connectivity index (χ4v) is 7.01. The number of nitrogens with zero attached hydrogens (tertiary/aromatic N) is 9. The molecule has 0 spiro atoms. The Labute approximate surface area is 312 Å². The van der Waals surface area contributed by atoms with Crippen molar-refractivity contribution in [1.29, 1.82) is 0 Å². The third kappa shape index (κ3) is 5.68. The molecule has 0 atom stereocenters. The van der Waals surface area contributed by atoms with Crippen molar-refractivity contribution in [3.05, 3.63) is 174 Å². The number of hydrazone groups is 1. The molecule has 9 rings (SSSR count). The minimum absolute atomic E-state index is 0.592. The van der Waals surface area contributed by atoms with Crippen molar-refractivity contribution in [3.63, 3.8) is 0 Å². The molecule has 0 saturated heterocycles. The number of aromatic nitrogens is 6. The van der Waals surface area contributed by atoms with E-state index < -0.39 is 0 Å². The quantitative estimate of drug-likeness (QED) is 0.172. The number of amidine groups is 1. The van der Waals surface area contributed by atoms with Gasteiger partial charge in [-0.1, -0.05) is 61.2 Å². The maximum Gasteiger partial charge on any atom is 0.164 e. The number of para-hydroxylation sites is 3. The van der Waals surface area contributed by atoms with E-state index in [1.807, 2.05) is 96.3 Å². The maximum absolute atomic E-state index is 5.25. The van der Waals surface area contributed by atoms with Gasteiger partial charge >= 0.3 is 0 Å². The smallest absolute Gasteiger partial charge is 0.164 e. The molecule has 9 heteroatoms. The van der Waals surface area contributed by atoms with Gasteiger partial charge in [0, 0.05) is 35.3 Å². The first-order valence-electron chi connectivity index (χ1n) is 17.7. The zero-order valence-electron chi connectivity index (χ0n) is 30.1. The molecule has 5 heterocycles. The minimum Gasteiger partial charge on any atom is -0.276 e. The Morgan fingerprint density at radius 2 is 1.02 bits per heavy atom. The summed E-state index contributed by atoms with van der Waals surface area (Å²) in [6.07, 6.45) is 9.09. The number of hydrogen-bond acceptors (Lipinski definition) is 7. The number of benzene rings is 4. The summed E-state index contributed by atoms with van der Waals surface area (Å²) < 4.78 is 4.27. The Morgan fingerprint density at radius 3 is 1.54 bits per heavy atom. The van der Waals surface area contributed by atoms with E-state index in [0.29, 0.717) is 11.5 Å². The number of allylic oxidation sites excluding steroid dienone is 2. The molecule has 9 nitrogen and oxygen atoms in total. The van der Waals surface area contributed by atoms with E-state index >= 15 is 0 Å². The average molecular weight is 702 g/mol. The van der Waals surface area contributed by atoms with E-state index in [1.165, 1.54) is 0 Å². The molecule has 0 fully saturated rings. The van der Waals surface area contributed by atoms with E-state index in [0.717, 1.165) is 84.4 Å². The molecule has 0 bridgehead atoms. The molecule has 1 aliphatic rings. The first-order valence-corrected chi connectivity index (χ1v) is 17.7. The zero-order valence-corrected chi connectivity index (χ0v) is 30.1. The van der Waals surface area contributed by atoms with Crippen LogP contribution in [0.25, 0.3) is 56.5 Å². The van der Waals surface area contributed by atoms with E-state index in [1.54, 1.807) is 6.21 Å². The predicted octanol–water partition coefficient (Wildman–Crippen LogP) is 9.74. The lowest BCUT2D eigenvalue weighted by Gasteiger charge is -2.24. The monoisotopic (exact) mass is 701 g/mol. The molecule has 1 aliphatic heterocycles. The lowest BCUT2D eigenvalue weighted by Crippen LogP contribution is -2.28. The second kappa shape index (κ2) is 13.4. The minimum atomic E-state index is 0.592. The Balaban J connectivity index is 1.38. The molecule has 0 amide bonds. The van der Waals surface area contributed by atoms with Gasteiger partial charge in [0.25, 0.3) is 0 Å². The summed E-state index contributed by atoms with van der Waals surface area (Å²) in [6, 6.07) is 39.0. The van der Waals surface area contributed by atoms with Crippen molar-refractivity contribution < 1.29 is 0 Å². The first kappa shape index (κ1) is 32.6. The highest BCUT2D eigenvalue weighted by molar-refractivity contribution is 6.12. The van der Waals surface area contributed by atoms with Gasteiger partial charge in [-0.05, 0) is 110 Å². The molecule has 0 saturated carbocycles. The number of hydrogen-bond donors (Lipinski definition) is 0. The van der Waals surface area contributed by atoms with Crippen LogP contribution < -0.4 is 5.01 Å². The van der Waals surface area contributed by atoms with Crippen molar-refractivity contribution in [3.8, 4) is 34.2 Å². The molecule has 4 aromatic heterocycles. The molecule has 0 unspecified atom stereocenters. The average Bonchev–Trinajstić information content (AvgIpc) is 3.77. The van der Waals surface area contributed by atoms with Gasteiger partial charge in [-0.2, -0.15) is 5.10 Å². The van der Waals surface area contributed by atoms with E-state index in [-0.39, 0.29) is 0 Å². The molecule has 0 aliphatic carbocycles. The SMILES string of the molecule is C=C1/C=C\C=N/N(c2ccccc2C)/C(c2cc(-c3nc4cccnc4n3-c3ccccc3C)cc(-c3nc4cccnc4n3-c3ccccc3C)c2)=N\1. The number of anilines is 1. The maximum atomic E-state index is 5.25. The van der Waals surface area contributed by atoms with Crippen molar-refractivity contribution in [1.82, 2.24) is 29.1 Å². The third-order valence-electron chi connectivity index (χ3n) is 9.60. The number of pyridine rings is 2. The van der Waals surface area contributed by atoms with Crippen LogP contribution in [0.3, 0.4) is 0 Å². The first-order chi connectivity index (χ1) is 26.4. The summed E-state index contributed by atoms with van der Waals surface area (Å²) in [4.78, 5) is 25.3. The molecule has 8 aromatic rings. The standard InChI is InChI=1S/C45H35N9/c1-29-14-5-8-20-38(29)52-41(50-36-18-12-23-46-44(36)52)33-26-34(42-51-37-19-13-24-47-45(37)53(42)39-21-9-6-15-30(39)2)28-35(27-33)43-49-32(4)17-11-25-48-54(43)40-22-10-7-16-31(40)3/h5-28H,4H2,1-3H3/b17-11-,48-25-,49-43-. The van der Waals surface area contributed by atoms with Crippen molar-refractivity contribution in [2.75, 3.05) is 5.01 Å². The lowest BCUT2D eigenvalue weighted by atomic mass is 10.0. The Hall–Kier alpha value is -7.26. The van der Waals surface area contributed by atoms with Crippen molar-refractivity contribution >= 4 is 40.1 Å². The van der Waals surface area contributed by atoms with E-state index in [9.17, 15) is 0 Å². The van der Waals surface area contributed by atoms with Crippen LogP contribution in [0.2, 0.25) is 0 Å². The summed E-state index contributed by atoms with van der Waals surface area (Å²) >= 11 is 0. The molecular formula is C45H35N9. The molecule has 0 N–H and O–H groups in total. The highest BCUT2D eigenvalue weighted by Crippen LogP contribution is 2.36. The Bertz CT molecular complexity index is 2710. The fourth-order valence-electron chi connectivity index (χ4n) is 7.01. The summed E-state index contributed by atoms with van der Waals surface area (Å²) in [5, 5.41) is 6.80. The van der Waals surface area contributed by atoms with Crippen LogP contribution in [0.5, 0.6) is 0 Å². The van der Waals surface area contributed by atoms with Crippen LogP contribution in [0.4, 0.5) is 5.69 Å². The summed E-state index contributed by atoms with van der Waals surface area (Å²) in [5.74, 6) is 2.06. The molecule has 0 radical (unpaired) electrons. The van der Waals surface area contributed by atoms with Crippen LogP contribution in [0.15, 0.2) is 162 Å². The van der Waals surface area contributed by atoms with E-state index in [4.69, 9.17) is 30.0 Å². The molecule has 54 heavy (non-hydrogen) atoms. The van der Waals surface area contributed by atoms with Gasteiger partial charge in [-0.15, -0.1) is 0 Å². The van der Waals surface area contributed by atoms with Gasteiger partial charge < -0.3 is 0 Å². The number of aliphatic imine (C=N–C) groups is 1. The molecular weight excluding hydrogens is 667 g/mol. The largest absolute Gasteiger partial charge is 0.276 e. The third-order valence-corrected chi connectivity index (χ3v) is 9.60. The van der Waals surface area contributed by atoms with Gasteiger partial charge in [-0.3, -0.25) is 9.13 Å². The van der Waals surface area contributed by atoms with Gasteiger partial charge in [-0.25, -0.2) is 29.9 Å². The van der Waals surface area contributed by atoms with Crippen molar-refractivity contribution in [2.24, 2.45) is 10.1 Å². The van der Waals surface area contributed by atoms with Crippen molar-refractivity contribution in [2.45, 2.75) is 20.8 Å². The second-order valence-corrected chi connectivity index (χ2v) is 13.3.